The van der Waals surface area contributed by atoms with Gasteiger partial charge < -0.3 is 14.6 Å². The van der Waals surface area contributed by atoms with Gasteiger partial charge in [0.2, 0.25) is 5.91 Å². The van der Waals surface area contributed by atoms with Crippen LogP contribution in [0.2, 0.25) is 0 Å². The molecule has 1 amide bonds. The van der Waals surface area contributed by atoms with Gasteiger partial charge in [-0.05, 0) is 50.1 Å². The summed E-state index contributed by atoms with van der Waals surface area (Å²) in [6.45, 7) is 6.51. The van der Waals surface area contributed by atoms with Crippen molar-refractivity contribution in [1.29, 1.82) is 0 Å². The summed E-state index contributed by atoms with van der Waals surface area (Å²) in [7, 11) is 1.89. The highest BCUT2D eigenvalue weighted by molar-refractivity contribution is 7.99. The van der Waals surface area contributed by atoms with Crippen LogP contribution in [0, 0.1) is 13.8 Å². The van der Waals surface area contributed by atoms with Crippen LogP contribution in [0.25, 0.3) is 11.4 Å². The molecule has 0 saturated carbocycles. The molecule has 6 nitrogen and oxygen atoms in total. The van der Waals surface area contributed by atoms with Crippen LogP contribution >= 0.6 is 11.8 Å². The number of nitrogens with zero attached hydrogens (tertiary/aromatic N) is 3. The molecule has 0 bridgehead atoms. The summed E-state index contributed by atoms with van der Waals surface area (Å²) in [5.74, 6) is 1.66. The lowest BCUT2D eigenvalue weighted by Gasteiger charge is -2.10. The maximum absolute atomic E-state index is 12.4. The summed E-state index contributed by atoms with van der Waals surface area (Å²) in [6.07, 6.45) is 0. The number of benzene rings is 2. The molecule has 146 valence electrons. The van der Waals surface area contributed by atoms with Crippen molar-refractivity contribution in [3.63, 3.8) is 0 Å². The van der Waals surface area contributed by atoms with Gasteiger partial charge in [0.15, 0.2) is 11.0 Å². The first-order valence-corrected chi connectivity index (χ1v) is 10.1. The minimum Gasteiger partial charge on any atom is -0.493 e. The Morgan fingerprint density at radius 3 is 2.75 bits per heavy atom. The van der Waals surface area contributed by atoms with Crippen molar-refractivity contribution in [2.75, 3.05) is 17.7 Å². The number of aryl methyl sites for hydroxylation is 2. The predicted molar refractivity (Wildman–Crippen MR) is 113 cm³/mol. The van der Waals surface area contributed by atoms with Gasteiger partial charge in [0, 0.05) is 12.7 Å². The molecule has 0 aliphatic rings. The second kappa shape index (κ2) is 8.93. The van der Waals surface area contributed by atoms with Crippen molar-refractivity contribution < 1.29 is 9.53 Å². The van der Waals surface area contributed by atoms with Crippen LogP contribution in [-0.2, 0) is 11.8 Å². The first-order valence-electron chi connectivity index (χ1n) is 9.11. The third-order valence-corrected chi connectivity index (χ3v) is 5.28. The summed E-state index contributed by atoms with van der Waals surface area (Å²) in [6, 6.07) is 13.7. The molecule has 0 unspecified atom stereocenters. The van der Waals surface area contributed by atoms with E-state index in [2.05, 4.69) is 15.5 Å². The average Bonchev–Trinajstić information content (AvgIpc) is 3.04. The van der Waals surface area contributed by atoms with E-state index in [1.54, 1.807) is 0 Å². The zero-order valence-electron chi connectivity index (χ0n) is 16.5. The van der Waals surface area contributed by atoms with E-state index in [9.17, 15) is 4.79 Å². The van der Waals surface area contributed by atoms with E-state index in [1.165, 1.54) is 11.8 Å². The molecule has 2 aromatic carbocycles. The van der Waals surface area contributed by atoms with Gasteiger partial charge in [-0.2, -0.15) is 0 Å². The topological polar surface area (TPSA) is 69.0 Å². The molecule has 3 aromatic rings. The van der Waals surface area contributed by atoms with Crippen molar-refractivity contribution in [2.24, 2.45) is 7.05 Å². The summed E-state index contributed by atoms with van der Waals surface area (Å²) in [4.78, 5) is 12.4. The normalized spacial score (nSPS) is 10.7. The maximum atomic E-state index is 12.4. The lowest BCUT2D eigenvalue weighted by Crippen LogP contribution is -2.15. The van der Waals surface area contributed by atoms with Crippen molar-refractivity contribution >= 4 is 23.4 Å². The molecule has 28 heavy (non-hydrogen) atoms. The van der Waals surface area contributed by atoms with Crippen molar-refractivity contribution in [1.82, 2.24) is 14.8 Å². The number of amides is 1. The number of hydrogen-bond acceptors (Lipinski definition) is 5. The van der Waals surface area contributed by atoms with Gasteiger partial charge in [-0.3, -0.25) is 4.79 Å². The Morgan fingerprint density at radius 2 is 1.96 bits per heavy atom. The Balaban J connectivity index is 1.70. The van der Waals surface area contributed by atoms with Crippen LogP contribution in [0.3, 0.4) is 0 Å². The summed E-state index contributed by atoms with van der Waals surface area (Å²) >= 11 is 1.36. The molecular weight excluding hydrogens is 372 g/mol. The highest BCUT2D eigenvalue weighted by Gasteiger charge is 2.16. The third kappa shape index (κ3) is 4.54. The second-order valence-electron chi connectivity index (χ2n) is 6.45. The van der Waals surface area contributed by atoms with E-state index in [-0.39, 0.29) is 11.7 Å². The Labute approximate surface area is 169 Å². The monoisotopic (exact) mass is 396 g/mol. The fraction of sp³-hybridized carbons (Fsp3) is 0.286. The number of aromatic nitrogens is 3. The summed E-state index contributed by atoms with van der Waals surface area (Å²) in [5.41, 5.74) is 3.87. The molecule has 1 aromatic heterocycles. The smallest absolute Gasteiger partial charge is 0.234 e. The third-order valence-electron chi connectivity index (χ3n) is 4.26. The minimum absolute atomic E-state index is 0.0713. The van der Waals surface area contributed by atoms with Crippen molar-refractivity contribution in [3.8, 4) is 17.1 Å². The van der Waals surface area contributed by atoms with E-state index < -0.39 is 0 Å². The predicted octanol–water partition coefficient (Wildman–Crippen LogP) is 4.23. The Hall–Kier alpha value is -2.80. The highest BCUT2D eigenvalue weighted by Crippen LogP contribution is 2.30. The van der Waals surface area contributed by atoms with Crippen LogP contribution in [0.5, 0.6) is 5.75 Å². The van der Waals surface area contributed by atoms with Gasteiger partial charge in [0.05, 0.1) is 17.9 Å². The fourth-order valence-corrected chi connectivity index (χ4v) is 3.51. The van der Waals surface area contributed by atoms with Crippen LogP contribution in [0.4, 0.5) is 5.69 Å². The second-order valence-corrected chi connectivity index (χ2v) is 7.39. The van der Waals surface area contributed by atoms with E-state index in [0.29, 0.717) is 17.6 Å². The van der Waals surface area contributed by atoms with Crippen LogP contribution in [-0.4, -0.2) is 33.0 Å². The summed E-state index contributed by atoms with van der Waals surface area (Å²) < 4.78 is 7.57. The Bertz CT molecular complexity index is 984. The number of carbonyl (C=O) groups is 1. The Kier molecular flexibility index (Phi) is 6.36. The number of hydrogen-bond donors (Lipinski definition) is 1. The van der Waals surface area contributed by atoms with Gasteiger partial charge in [-0.15, -0.1) is 10.2 Å². The molecule has 7 heteroatoms. The highest BCUT2D eigenvalue weighted by atomic mass is 32.2. The molecule has 0 fully saturated rings. The number of anilines is 1. The van der Waals surface area contributed by atoms with Crippen LogP contribution in [0.1, 0.15) is 18.1 Å². The lowest BCUT2D eigenvalue weighted by molar-refractivity contribution is -0.113. The minimum atomic E-state index is -0.0713. The van der Waals surface area contributed by atoms with E-state index in [4.69, 9.17) is 4.74 Å². The quantitative estimate of drug-likeness (QED) is 0.605. The van der Waals surface area contributed by atoms with Crippen molar-refractivity contribution in [3.05, 3.63) is 53.6 Å². The van der Waals surface area contributed by atoms with E-state index in [1.807, 2.05) is 74.9 Å². The molecule has 0 spiro atoms. The molecule has 0 atom stereocenters. The standard InChI is InChI=1S/C21H24N4O2S/c1-5-27-18-9-7-6-8-16(18)20-23-24-21(25(20)4)28-13-19(26)22-17-12-14(2)10-11-15(17)3/h6-12H,5,13H2,1-4H3,(H,22,26). The zero-order chi connectivity index (χ0) is 20.1. The molecule has 1 heterocycles. The number of thioether (sulfide) groups is 1. The van der Waals surface area contributed by atoms with Gasteiger partial charge >= 0.3 is 0 Å². The molecule has 0 aliphatic heterocycles. The van der Waals surface area contributed by atoms with Crippen molar-refractivity contribution in [2.45, 2.75) is 25.9 Å². The van der Waals surface area contributed by atoms with Crippen LogP contribution < -0.4 is 10.1 Å². The molecule has 1 N–H and O–H groups in total. The lowest BCUT2D eigenvalue weighted by atomic mass is 10.1. The van der Waals surface area contributed by atoms with Gasteiger partial charge in [0.25, 0.3) is 0 Å². The first kappa shape index (κ1) is 19.9. The largest absolute Gasteiger partial charge is 0.493 e. The number of ether oxygens (including phenoxy) is 1. The molecule has 3 rings (SSSR count). The number of carbonyl (C=O) groups excluding carboxylic acids is 1. The summed E-state index contributed by atoms with van der Waals surface area (Å²) in [5, 5.41) is 12.2. The maximum Gasteiger partial charge on any atom is 0.234 e. The molecule has 0 aliphatic carbocycles. The number of nitrogens with one attached hydrogen (secondary N) is 1. The molecule has 0 radical (unpaired) electrons. The van der Waals surface area contributed by atoms with Crippen LogP contribution in [0.15, 0.2) is 47.6 Å². The van der Waals surface area contributed by atoms with E-state index >= 15 is 0 Å². The van der Waals surface area contributed by atoms with Gasteiger partial charge in [-0.25, -0.2) is 0 Å². The average molecular weight is 397 g/mol. The van der Waals surface area contributed by atoms with E-state index in [0.717, 1.165) is 28.1 Å². The molecular formula is C21H24N4O2S. The number of para-hydroxylation sites is 1. The SMILES string of the molecule is CCOc1ccccc1-c1nnc(SCC(=O)Nc2cc(C)ccc2C)n1C. The van der Waals surface area contributed by atoms with Gasteiger partial charge in [-0.1, -0.05) is 36.0 Å². The number of rotatable bonds is 7. The Morgan fingerprint density at radius 1 is 1.18 bits per heavy atom. The molecule has 0 saturated heterocycles. The van der Waals surface area contributed by atoms with Gasteiger partial charge in [0.1, 0.15) is 5.75 Å². The first-order chi connectivity index (χ1) is 13.5. The zero-order valence-corrected chi connectivity index (χ0v) is 17.3. The fourth-order valence-electron chi connectivity index (χ4n) is 2.79.